The van der Waals surface area contributed by atoms with Crippen molar-refractivity contribution in [3.05, 3.63) is 69.0 Å². The van der Waals surface area contributed by atoms with E-state index in [1.54, 1.807) is 12.1 Å². The van der Waals surface area contributed by atoms with Crippen molar-refractivity contribution in [3.63, 3.8) is 0 Å². The maximum absolute atomic E-state index is 13.1. The normalized spacial score (nSPS) is 11.5. The predicted molar refractivity (Wildman–Crippen MR) is 107 cm³/mol. The summed E-state index contributed by atoms with van der Waals surface area (Å²) in [6.45, 7) is 1.45. The van der Waals surface area contributed by atoms with Crippen molar-refractivity contribution in [1.82, 2.24) is 0 Å². The van der Waals surface area contributed by atoms with E-state index < -0.39 is 35.6 Å². The third kappa shape index (κ3) is 5.13. The number of fused-ring (bicyclic) bond motifs is 1. The van der Waals surface area contributed by atoms with E-state index in [2.05, 4.69) is 5.32 Å². The molecule has 0 aliphatic heterocycles. The molecule has 0 bridgehead atoms. The number of nitrogens with one attached hydrogen (secondary N) is 1. The fourth-order valence-corrected chi connectivity index (χ4v) is 3.14. The van der Waals surface area contributed by atoms with Gasteiger partial charge in [-0.15, -0.1) is 0 Å². The topological polar surface area (TPSA) is 68.5 Å². The van der Waals surface area contributed by atoms with Crippen LogP contribution in [0.4, 0.5) is 18.9 Å². The molecule has 0 fully saturated rings. The van der Waals surface area contributed by atoms with Crippen LogP contribution in [0.25, 0.3) is 11.0 Å². The molecule has 0 saturated carbocycles. The van der Waals surface area contributed by atoms with Gasteiger partial charge in [0.1, 0.15) is 11.3 Å². The minimum Gasteiger partial charge on any atom is -0.484 e. The number of benzene rings is 2. The van der Waals surface area contributed by atoms with Crippen LogP contribution in [0.2, 0.25) is 5.02 Å². The molecule has 2 aromatic carbocycles. The molecule has 0 saturated heterocycles. The first kappa shape index (κ1) is 21.7. The number of hydrogen-bond donors (Lipinski definition) is 1. The molecule has 9 heteroatoms. The van der Waals surface area contributed by atoms with Crippen LogP contribution in [0.1, 0.15) is 24.5 Å². The van der Waals surface area contributed by atoms with Crippen molar-refractivity contribution >= 4 is 34.2 Å². The summed E-state index contributed by atoms with van der Waals surface area (Å²) in [4.78, 5) is 23.8. The Hall–Kier alpha value is -3.00. The lowest BCUT2D eigenvalue weighted by molar-refractivity contribution is -0.137. The van der Waals surface area contributed by atoms with E-state index in [-0.39, 0.29) is 10.8 Å². The van der Waals surface area contributed by atoms with Crippen molar-refractivity contribution in [2.75, 3.05) is 11.9 Å². The Morgan fingerprint density at radius 3 is 2.63 bits per heavy atom. The molecular formula is C21H17ClF3NO4. The van der Waals surface area contributed by atoms with Gasteiger partial charge in [-0.3, -0.25) is 4.79 Å². The van der Waals surface area contributed by atoms with Crippen molar-refractivity contribution in [3.8, 4) is 5.75 Å². The average Bonchev–Trinajstić information content (AvgIpc) is 2.67. The average molecular weight is 440 g/mol. The molecule has 0 spiro atoms. The third-order valence-corrected chi connectivity index (χ3v) is 4.49. The largest absolute Gasteiger partial charge is 0.484 e. The Bertz CT molecular complexity index is 1140. The van der Waals surface area contributed by atoms with E-state index in [0.29, 0.717) is 12.0 Å². The minimum absolute atomic E-state index is 0.100. The summed E-state index contributed by atoms with van der Waals surface area (Å²) in [6.07, 6.45) is -3.13. The second-order valence-electron chi connectivity index (χ2n) is 6.52. The molecule has 0 aliphatic rings. The lowest BCUT2D eigenvalue weighted by Crippen LogP contribution is -2.22. The predicted octanol–water partition coefficient (Wildman–Crippen LogP) is 5.44. The van der Waals surface area contributed by atoms with Gasteiger partial charge >= 0.3 is 11.8 Å². The Morgan fingerprint density at radius 2 is 1.93 bits per heavy atom. The molecular weight excluding hydrogens is 423 g/mol. The smallest absolute Gasteiger partial charge is 0.418 e. The number of carbonyl (C=O) groups is 1. The van der Waals surface area contributed by atoms with E-state index in [1.165, 1.54) is 18.2 Å². The van der Waals surface area contributed by atoms with Gasteiger partial charge in [-0.1, -0.05) is 24.9 Å². The number of anilines is 1. The molecule has 3 aromatic rings. The summed E-state index contributed by atoms with van der Waals surface area (Å²) < 4.78 is 49.9. The molecule has 3 rings (SSSR count). The monoisotopic (exact) mass is 439 g/mol. The zero-order valence-corrected chi connectivity index (χ0v) is 16.6. The Morgan fingerprint density at radius 1 is 1.17 bits per heavy atom. The highest BCUT2D eigenvalue weighted by atomic mass is 35.5. The molecule has 1 N–H and O–H groups in total. The van der Waals surface area contributed by atoms with E-state index in [1.807, 2.05) is 6.92 Å². The third-order valence-electron chi connectivity index (χ3n) is 4.25. The first-order chi connectivity index (χ1) is 14.2. The molecule has 1 aromatic heterocycles. The van der Waals surface area contributed by atoms with E-state index in [9.17, 15) is 22.8 Å². The second-order valence-corrected chi connectivity index (χ2v) is 6.96. The van der Waals surface area contributed by atoms with E-state index >= 15 is 0 Å². The maximum Gasteiger partial charge on any atom is 0.418 e. The van der Waals surface area contributed by atoms with Gasteiger partial charge in [0.15, 0.2) is 6.61 Å². The van der Waals surface area contributed by atoms with Gasteiger partial charge in [0.2, 0.25) is 0 Å². The van der Waals surface area contributed by atoms with Gasteiger partial charge in [0.05, 0.1) is 11.3 Å². The van der Waals surface area contributed by atoms with Crippen LogP contribution in [0.15, 0.2) is 51.7 Å². The van der Waals surface area contributed by atoms with Crippen LogP contribution >= 0.6 is 11.6 Å². The number of alkyl halides is 3. The standard InChI is InChI=1S/C21H17ClF3NO4/c1-2-3-12-8-20(28)30-18-10-14(5-6-15(12)18)29-11-19(27)26-17-7-4-13(22)9-16(17)21(23,24)25/h4-10H,2-3,11H2,1H3,(H,26,27). The first-order valence-corrected chi connectivity index (χ1v) is 9.41. The first-order valence-electron chi connectivity index (χ1n) is 9.03. The molecule has 0 radical (unpaired) electrons. The van der Waals surface area contributed by atoms with E-state index in [4.69, 9.17) is 20.8 Å². The SMILES string of the molecule is CCCc1cc(=O)oc2cc(OCC(=O)Nc3ccc(Cl)cc3C(F)(F)F)ccc12. The number of rotatable bonds is 6. The maximum atomic E-state index is 13.1. The van der Waals surface area contributed by atoms with E-state index in [0.717, 1.165) is 29.5 Å². The summed E-state index contributed by atoms with van der Waals surface area (Å²) >= 11 is 5.62. The number of ether oxygens (including phenoxy) is 1. The van der Waals surface area contributed by atoms with Gasteiger partial charge in [-0.25, -0.2) is 4.79 Å². The van der Waals surface area contributed by atoms with Crippen LogP contribution in [0, 0.1) is 0 Å². The molecule has 5 nitrogen and oxygen atoms in total. The Labute approximate surface area is 174 Å². The van der Waals surface area contributed by atoms with Gasteiger partial charge in [-0.05, 0) is 42.3 Å². The summed E-state index contributed by atoms with van der Waals surface area (Å²) in [5, 5.41) is 2.82. The second kappa shape index (κ2) is 8.79. The fraction of sp³-hybridized carbons (Fsp3) is 0.238. The van der Waals surface area contributed by atoms with Crippen LogP contribution in [-0.2, 0) is 17.4 Å². The van der Waals surface area contributed by atoms with Gasteiger partial charge in [0.25, 0.3) is 5.91 Å². The zero-order valence-electron chi connectivity index (χ0n) is 15.8. The summed E-state index contributed by atoms with van der Waals surface area (Å²) in [7, 11) is 0. The molecule has 30 heavy (non-hydrogen) atoms. The highest BCUT2D eigenvalue weighted by Crippen LogP contribution is 2.36. The summed E-state index contributed by atoms with van der Waals surface area (Å²) in [5.41, 5.74) is -0.826. The number of amides is 1. The minimum atomic E-state index is -4.68. The van der Waals surface area contributed by atoms with Crippen LogP contribution < -0.4 is 15.7 Å². The van der Waals surface area contributed by atoms with Crippen LogP contribution in [0.3, 0.4) is 0 Å². The van der Waals surface area contributed by atoms with Gasteiger partial charge in [-0.2, -0.15) is 13.2 Å². The number of halogens is 4. The summed E-state index contributed by atoms with van der Waals surface area (Å²) in [6, 6.07) is 9.25. The lowest BCUT2D eigenvalue weighted by atomic mass is 10.1. The van der Waals surface area contributed by atoms with Crippen molar-refractivity contribution in [2.24, 2.45) is 0 Å². The Kier molecular flexibility index (Phi) is 6.36. The van der Waals surface area contributed by atoms with Crippen molar-refractivity contribution < 1.29 is 27.1 Å². The summed E-state index contributed by atoms with van der Waals surface area (Å²) in [5.74, 6) is -0.550. The van der Waals surface area contributed by atoms with Crippen LogP contribution in [0.5, 0.6) is 5.75 Å². The van der Waals surface area contributed by atoms with Gasteiger partial charge < -0.3 is 14.5 Å². The van der Waals surface area contributed by atoms with Gasteiger partial charge in [0, 0.05) is 22.5 Å². The Balaban J connectivity index is 1.74. The molecule has 1 amide bonds. The lowest BCUT2D eigenvalue weighted by Gasteiger charge is -2.14. The molecule has 0 unspecified atom stereocenters. The molecule has 0 atom stereocenters. The van der Waals surface area contributed by atoms with Crippen LogP contribution in [-0.4, -0.2) is 12.5 Å². The number of aryl methyl sites for hydroxylation is 1. The quantitative estimate of drug-likeness (QED) is 0.520. The fourth-order valence-electron chi connectivity index (χ4n) is 2.97. The highest BCUT2D eigenvalue weighted by Gasteiger charge is 2.34. The molecule has 1 heterocycles. The number of hydrogen-bond acceptors (Lipinski definition) is 4. The molecule has 158 valence electrons. The molecule has 0 aliphatic carbocycles. The van der Waals surface area contributed by atoms with Crippen molar-refractivity contribution in [2.45, 2.75) is 25.9 Å². The highest BCUT2D eigenvalue weighted by molar-refractivity contribution is 6.30. The van der Waals surface area contributed by atoms with Crippen molar-refractivity contribution in [1.29, 1.82) is 0 Å². The zero-order chi connectivity index (χ0) is 21.9. The number of carbonyl (C=O) groups excluding carboxylic acids is 1.